The van der Waals surface area contributed by atoms with Gasteiger partial charge in [-0.25, -0.2) is 4.98 Å². The molecule has 0 unspecified atom stereocenters. The van der Waals surface area contributed by atoms with Crippen molar-refractivity contribution >= 4 is 22.9 Å². The van der Waals surface area contributed by atoms with Crippen LogP contribution in [0.3, 0.4) is 0 Å². The minimum absolute atomic E-state index is 0.0650. The molecule has 0 saturated heterocycles. The molecule has 0 spiro atoms. The van der Waals surface area contributed by atoms with E-state index in [0.29, 0.717) is 16.9 Å². The van der Waals surface area contributed by atoms with Gasteiger partial charge in [0, 0.05) is 35.7 Å². The van der Waals surface area contributed by atoms with E-state index in [-0.39, 0.29) is 11.6 Å². The maximum Gasteiger partial charge on any atom is 0.269 e. The molecule has 2 aromatic heterocycles. The highest BCUT2D eigenvalue weighted by Gasteiger charge is 2.13. The van der Waals surface area contributed by atoms with Gasteiger partial charge in [0.1, 0.15) is 0 Å². The third-order valence-corrected chi connectivity index (χ3v) is 5.36. The van der Waals surface area contributed by atoms with Crippen LogP contribution in [0, 0.1) is 10.1 Å². The number of aromatic nitrogens is 2. The first-order valence-corrected chi connectivity index (χ1v) is 10.3. The molecule has 0 fully saturated rings. The molecule has 3 aromatic carbocycles. The van der Waals surface area contributed by atoms with E-state index < -0.39 is 4.92 Å². The molecule has 0 atom stereocenters. The lowest BCUT2D eigenvalue weighted by atomic mass is 10.0. The topological polar surface area (TPSA) is 89.5 Å². The summed E-state index contributed by atoms with van der Waals surface area (Å²) in [4.78, 5) is 27.7. The molecule has 0 radical (unpaired) electrons. The zero-order valence-electron chi connectivity index (χ0n) is 17.4. The zero-order chi connectivity index (χ0) is 22.8. The van der Waals surface area contributed by atoms with E-state index in [1.54, 1.807) is 6.07 Å². The van der Waals surface area contributed by atoms with Crippen LogP contribution in [0.15, 0.2) is 103 Å². The molecule has 0 aliphatic rings. The third kappa shape index (κ3) is 4.07. The molecule has 0 bridgehead atoms. The van der Waals surface area contributed by atoms with Gasteiger partial charge in [0.25, 0.3) is 11.6 Å². The summed E-state index contributed by atoms with van der Waals surface area (Å²) >= 11 is 0. The van der Waals surface area contributed by atoms with Gasteiger partial charge in [0.05, 0.1) is 16.3 Å². The normalized spacial score (nSPS) is 10.8. The van der Waals surface area contributed by atoms with Crippen molar-refractivity contribution in [3.63, 3.8) is 0 Å². The Kier molecular flexibility index (Phi) is 5.12. The van der Waals surface area contributed by atoms with Crippen LogP contribution in [-0.2, 0) is 0 Å². The number of carbonyl (C=O) groups excluding carboxylic acids is 1. The molecule has 7 nitrogen and oxygen atoms in total. The predicted molar refractivity (Wildman–Crippen MR) is 127 cm³/mol. The molecular formula is C26H18N4O3. The number of anilines is 1. The minimum atomic E-state index is -0.499. The Hall–Kier alpha value is -4.78. The number of non-ortho nitro benzene ring substituents is 1. The van der Waals surface area contributed by atoms with Crippen LogP contribution >= 0.6 is 0 Å². The highest BCUT2D eigenvalue weighted by Crippen LogP contribution is 2.26. The quantitative estimate of drug-likeness (QED) is 0.278. The van der Waals surface area contributed by atoms with Gasteiger partial charge in [-0.05, 0) is 35.4 Å². The molecule has 33 heavy (non-hydrogen) atoms. The second-order valence-electron chi connectivity index (χ2n) is 7.48. The number of hydrogen-bond donors (Lipinski definition) is 1. The number of nitrogens with zero attached hydrogens (tertiary/aromatic N) is 3. The van der Waals surface area contributed by atoms with Gasteiger partial charge < -0.3 is 9.72 Å². The number of nitro groups is 1. The number of nitro benzene ring substituents is 1. The van der Waals surface area contributed by atoms with Crippen molar-refractivity contribution in [3.8, 4) is 22.4 Å². The van der Waals surface area contributed by atoms with Gasteiger partial charge in [-0.15, -0.1) is 0 Å². The Labute approximate surface area is 189 Å². The summed E-state index contributed by atoms with van der Waals surface area (Å²) in [5, 5.41) is 13.7. The Morgan fingerprint density at radius 1 is 0.818 bits per heavy atom. The van der Waals surface area contributed by atoms with E-state index in [4.69, 9.17) is 4.98 Å². The van der Waals surface area contributed by atoms with Crippen LogP contribution in [0.1, 0.15) is 10.4 Å². The maximum atomic E-state index is 12.7. The predicted octanol–water partition coefficient (Wildman–Crippen LogP) is 5.83. The van der Waals surface area contributed by atoms with Crippen LogP contribution < -0.4 is 5.32 Å². The number of pyridine rings is 1. The number of carbonyl (C=O) groups is 1. The SMILES string of the molecule is O=C(Nc1cccn2cc(-c3ccc(-c4ccccc4)cc3)nc12)c1ccc([N+](=O)[O-])cc1. The monoisotopic (exact) mass is 434 g/mol. The number of nitrogens with one attached hydrogen (secondary N) is 1. The molecule has 1 amide bonds. The molecule has 7 heteroatoms. The van der Waals surface area contributed by atoms with Gasteiger partial charge in [0.15, 0.2) is 5.65 Å². The lowest BCUT2D eigenvalue weighted by Crippen LogP contribution is -2.12. The second-order valence-corrected chi connectivity index (χ2v) is 7.48. The van der Waals surface area contributed by atoms with E-state index in [1.165, 1.54) is 24.3 Å². The van der Waals surface area contributed by atoms with Gasteiger partial charge in [0.2, 0.25) is 0 Å². The standard InChI is InChI=1S/C26H18N4O3/c31-26(21-12-14-22(15-13-21)30(32)33)28-23-7-4-16-29-17-24(27-25(23)29)20-10-8-19(9-11-20)18-5-2-1-3-6-18/h1-17H,(H,28,31). The molecule has 0 saturated carbocycles. The maximum absolute atomic E-state index is 12.7. The van der Waals surface area contributed by atoms with Crippen molar-refractivity contribution in [1.82, 2.24) is 9.38 Å². The molecule has 2 heterocycles. The Morgan fingerprint density at radius 2 is 1.48 bits per heavy atom. The Balaban J connectivity index is 1.41. The lowest BCUT2D eigenvalue weighted by Gasteiger charge is -2.06. The first-order chi connectivity index (χ1) is 16.1. The van der Waals surface area contributed by atoms with Crippen molar-refractivity contribution in [1.29, 1.82) is 0 Å². The van der Waals surface area contributed by atoms with Crippen LogP contribution in [0.25, 0.3) is 28.0 Å². The van der Waals surface area contributed by atoms with Gasteiger partial charge in [-0.1, -0.05) is 54.6 Å². The van der Waals surface area contributed by atoms with Gasteiger partial charge in [-0.2, -0.15) is 0 Å². The number of fused-ring (bicyclic) bond motifs is 1. The fraction of sp³-hybridized carbons (Fsp3) is 0. The zero-order valence-corrected chi connectivity index (χ0v) is 17.4. The van der Waals surface area contributed by atoms with Gasteiger partial charge >= 0.3 is 0 Å². The van der Waals surface area contributed by atoms with E-state index in [2.05, 4.69) is 29.6 Å². The van der Waals surface area contributed by atoms with Crippen LogP contribution in [0.5, 0.6) is 0 Å². The second kappa shape index (κ2) is 8.39. The number of amides is 1. The van der Waals surface area contributed by atoms with E-state index in [0.717, 1.165) is 22.4 Å². The fourth-order valence-corrected chi connectivity index (χ4v) is 3.64. The number of benzene rings is 3. The highest BCUT2D eigenvalue weighted by atomic mass is 16.6. The number of rotatable bonds is 5. The van der Waals surface area contributed by atoms with Crippen LogP contribution in [0.2, 0.25) is 0 Å². The molecular weight excluding hydrogens is 416 g/mol. The van der Waals surface area contributed by atoms with Crippen LogP contribution in [-0.4, -0.2) is 20.2 Å². The largest absolute Gasteiger partial charge is 0.319 e. The van der Waals surface area contributed by atoms with Crippen molar-refractivity contribution < 1.29 is 9.72 Å². The highest BCUT2D eigenvalue weighted by molar-refractivity contribution is 6.06. The number of imidazole rings is 1. The minimum Gasteiger partial charge on any atom is -0.319 e. The Morgan fingerprint density at radius 3 is 2.18 bits per heavy atom. The summed E-state index contributed by atoms with van der Waals surface area (Å²) in [7, 11) is 0. The van der Waals surface area contributed by atoms with Crippen molar-refractivity contribution in [2.45, 2.75) is 0 Å². The first kappa shape index (κ1) is 20.1. The Bertz CT molecular complexity index is 1460. The van der Waals surface area contributed by atoms with E-state index in [9.17, 15) is 14.9 Å². The van der Waals surface area contributed by atoms with Gasteiger partial charge in [-0.3, -0.25) is 14.9 Å². The summed E-state index contributed by atoms with van der Waals surface area (Å²) in [6.45, 7) is 0. The average molecular weight is 434 g/mol. The van der Waals surface area contributed by atoms with Crippen molar-refractivity contribution in [2.24, 2.45) is 0 Å². The third-order valence-electron chi connectivity index (χ3n) is 5.36. The molecule has 1 N–H and O–H groups in total. The van der Waals surface area contributed by atoms with E-state index >= 15 is 0 Å². The summed E-state index contributed by atoms with van der Waals surface area (Å²) in [6, 6.07) is 27.4. The first-order valence-electron chi connectivity index (χ1n) is 10.3. The molecule has 160 valence electrons. The molecule has 0 aliphatic heterocycles. The summed E-state index contributed by atoms with van der Waals surface area (Å²) < 4.78 is 1.85. The average Bonchev–Trinajstić information content (AvgIpc) is 3.30. The smallest absolute Gasteiger partial charge is 0.269 e. The molecule has 5 aromatic rings. The van der Waals surface area contributed by atoms with Crippen LogP contribution in [0.4, 0.5) is 11.4 Å². The molecule has 0 aliphatic carbocycles. The fourth-order valence-electron chi connectivity index (χ4n) is 3.64. The van der Waals surface area contributed by atoms with E-state index in [1.807, 2.05) is 53.2 Å². The van der Waals surface area contributed by atoms with Crippen molar-refractivity contribution in [3.05, 3.63) is 119 Å². The van der Waals surface area contributed by atoms with Crippen molar-refractivity contribution in [2.75, 3.05) is 5.32 Å². The summed E-state index contributed by atoms with van der Waals surface area (Å²) in [5.74, 6) is -0.366. The lowest BCUT2D eigenvalue weighted by molar-refractivity contribution is -0.384. The number of hydrogen-bond acceptors (Lipinski definition) is 4. The molecule has 5 rings (SSSR count). The summed E-state index contributed by atoms with van der Waals surface area (Å²) in [5.41, 5.74) is 5.44. The summed E-state index contributed by atoms with van der Waals surface area (Å²) in [6.07, 6.45) is 3.78.